The van der Waals surface area contributed by atoms with Crippen molar-refractivity contribution in [2.45, 2.75) is 32.4 Å². The molecule has 13 aromatic carbocycles. The quantitative estimate of drug-likeness (QED) is 0.112. The van der Waals surface area contributed by atoms with Crippen molar-refractivity contribution in [1.82, 2.24) is 0 Å². The summed E-state index contributed by atoms with van der Waals surface area (Å²) < 4.78 is 6.87. The van der Waals surface area contributed by atoms with Gasteiger partial charge < -0.3 is 14.2 Å². The number of furan rings is 1. The predicted molar refractivity (Wildman–Crippen MR) is 346 cm³/mol. The third kappa shape index (κ3) is 7.06. The molecular weight excluding hydrogens is 997 g/mol. The zero-order valence-electron chi connectivity index (χ0n) is 45.7. The Morgan fingerprint density at radius 1 is 0.321 bits per heavy atom. The summed E-state index contributed by atoms with van der Waals surface area (Å²) in [6.07, 6.45) is 0. The number of hydrogen-bond acceptors (Lipinski definition) is 3. The van der Waals surface area contributed by atoms with Crippen molar-refractivity contribution in [3.05, 3.63) is 278 Å². The van der Waals surface area contributed by atoms with Crippen molar-refractivity contribution < 1.29 is 4.42 Å². The normalized spacial score (nSPS) is 13.6. The second-order valence-corrected chi connectivity index (χ2v) is 27.5. The van der Waals surface area contributed by atoms with Crippen LogP contribution in [0.15, 0.2) is 271 Å². The lowest BCUT2D eigenvalue weighted by Crippen LogP contribution is -2.56. The summed E-state index contributed by atoms with van der Waals surface area (Å²) in [6.45, 7) is 9.88. The van der Waals surface area contributed by atoms with Gasteiger partial charge >= 0.3 is 0 Å². The first-order chi connectivity index (χ1) is 39.7. The molecule has 0 atom stereocenters. The first-order valence-electron chi connectivity index (χ1n) is 28.3. The Morgan fingerprint density at radius 2 is 0.840 bits per heavy atom. The fourth-order valence-corrected chi connectivity index (χ4v) is 17.2. The maximum Gasteiger partial charge on any atom is 0.159 e. The van der Waals surface area contributed by atoms with Crippen molar-refractivity contribution in [3.63, 3.8) is 0 Å². The summed E-state index contributed by atoms with van der Waals surface area (Å²) in [5, 5.41) is 12.7. The van der Waals surface area contributed by atoms with Gasteiger partial charge in [-0.25, -0.2) is 0 Å². The third-order valence-corrected chi connectivity index (χ3v) is 21.5. The lowest BCUT2D eigenvalue weighted by atomic mass is 9.82. The summed E-state index contributed by atoms with van der Waals surface area (Å²) in [5.74, 6) is 0. The summed E-state index contributed by atoms with van der Waals surface area (Å²) in [5.41, 5.74) is 20.9. The van der Waals surface area contributed by atoms with E-state index in [2.05, 4.69) is 304 Å². The fraction of sp³-hybridized carbons (Fsp3) is 0.0649. The average molecular weight is 1050 g/mol. The SMILES string of the molecule is CC1(C)c2ccccc2-c2ccc(N(c3ccccc3-c3ccccc3)c3cc4c5cccc6c5c(cc4c4ccccc34)-c3ccc(N(c4ccccc4-c4ccccc4)c4cccc5c4oc4ccccc45)cc3[Si]6(C)C)cc21. The Bertz CT molecular complexity index is 4900. The second kappa shape index (κ2) is 17.9. The molecule has 0 N–H and O–H groups in total. The highest BCUT2D eigenvalue weighted by atomic mass is 28.3. The van der Waals surface area contributed by atoms with Gasteiger partial charge in [0.15, 0.2) is 5.58 Å². The van der Waals surface area contributed by atoms with E-state index in [9.17, 15) is 0 Å². The molecular formula is C77H56N2OSi. The molecule has 0 saturated carbocycles. The highest BCUT2D eigenvalue weighted by molar-refractivity contribution is 7.03. The molecule has 3 nitrogen and oxygen atoms in total. The predicted octanol–water partition coefficient (Wildman–Crippen LogP) is 20.4. The van der Waals surface area contributed by atoms with Gasteiger partial charge in [0.05, 0.1) is 22.7 Å². The highest BCUT2D eigenvalue weighted by Gasteiger charge is 2.39. The van der Waals surface area contributed by atoms with E-state index in [1.165, 1.54) is 87.2 Å². The van der Waals surface area contributed by atoms with Crippen LogP contribution in [0.3, 0.4) is 0 Å². The Morgan fingerprint density at radius 3 is 1.57 bits per heavy atom. The molecule has 1 aliphatic carbocycles. The molecule has 2 aliphatic rings. The molecule has 1 aromatic heterocycles. The van der Waals surface area contributed by atoms with Crippen LogP contribution in [-0.2, 0) is 5.41 Å². The smallest absolute Gasteiger partial charge is 0.159 e. The van der Waals surface area contributed by atoms with Gasteiger partial charge in [0.2, 0.25) is 0 Å². The molecule has 0 spiro atoms. The molecule has 0 amide bonds. The van der Waals surface area contributed by atoms with E-state index >= 15 is 0 Å². The maximum absolute atomic E-state index is 6.87. The minimum Gasteiger partial charge on any atom is -0.454 e. The largest absolute Gasteiger partial charge is 0.454 e. The van der Waals surface area contributed by atoms with Crippen LogP contribution in [-0.4, -0.2) is 8.07 Å². The third-order valence-electron chi connectivity index (χ3n) is 18.0. The lowest BCUT2D eigenvalue weighted by Gasteiger charge is -2.36. The van der Waals surface area contributed by atoms with Gasteiger partial charge in [0.25, 0.3) is 0 Å². The van der Waals surface area contributed by atoms with Crippen molar-refractivity contribution in [2.75, 3.05) is 9.80 Å². The van der Waals surface area contributed by atoms with E-state index in [-0.39, 0.29) is 5.41 Å². The van der Waals surface area contributed by atoms with Crippen LogP contribution in [0.4, 0.5) is 34.1 Å². The van der Waals surface area contributed by atoms with Crippen LogP contribution in [0.1, 0.15) is 25.0 Å². The zero-order valence-corrected chi connectivity index (χ0v) is 46.7. The van der Waals surface area contributed by atoms with Gasteiger partial charge in [-0.05, 0) is 142 Å². The van der Waals surface area contributed by atoms with E-state index in [4.69, 9.17) is 4.42 Å². The summed E-state index contributed by atoms with van der Waals surface area (Å²) in [7, 11) is -2.44. The molecule has 0 saturated heterocycles. The van der Waals surface area contributed by atoms with Crippen molar-refractivity contribution in [2.24, 2.45) is 0 Å². The van der Waals surface area contributed by atoms with Gasteiger partial charge in [-0.2, -0.15) is 0 Å². The van der Waals surface area contributed by atoms with Crippen molar-refractivity contribution >= 4 is 107 Å². The van der Waals surface area contributed by atoms with Gasteiger partial charge in [0.1, 0.15) is 13.7 Å². The molecule has 2 heterocycles. The Kier molecular flexibility index (Phi) is 10.4. The van der Waals surface area contributed by atoms with Crippen LogP contribution in [0, 0.1) is 0 Å². The van der Waals surface area contributed by atoms with Gasteiger partial charge in [-0.1, -0.05) is 233 Å². The second-order valence-electron chi connectivity index (χ2n) is 23.1. The van der Waals surface area contributed by atoms with Crippen LogP contribution < -0.4 is 20.2 Å². The molecule has 4 heteroatoms. The molecule has 0 fully saturated rings. The van der Waals surface area contributed by atoms with Gasteiger partial charge in [-0.15, -0.1) is 0 Å². The van der Waals surface area contributed by atoms with E-state index in [0.29, 0.717) is 0 Å². The number of fused-ring (bicyclic) bond motifs is 12. The molecule has 0 bridgehead atoms. The van der Waals surface area contributed by atoms with Gasteiger partial charge in [-0.3, -0.25) is 0 Å². The summed E-state index contributed by atoms with van der Waals surface area (Å²) >= 11 is 0. The van der Waals surface area contributed by atoms with Crippen LogP contribution in [0.2, 0.25) is 13.1 Å². The monoisotopic (exact) mass is 1050 g/mol. The first kappa shape index (κ1) is 47.3. The standard InChI is InChI=1S/C77H56N2OSi/c1-77(2)66-35-17-13-30-56(66)57-43-41-51(45-67(57)77)79(69-37-19-15-28-54(69)50-25-9-6-10-26-50)71-48-64-61-33-22-40-73-75(61)65(47-63(64)55-29-11-12-31-58(55)71)60-44-42-52(46-74(60)81(73,3)4)78(68-36-18-14-27-53(68)49-23-7-5-8-24-49)70-38-21-34-62-59-32-16-20-39-72(59)80-76(62)70/h5-48H,1-4H3. The van der Waals surface area contributed by atoms with Crippen molar-refractivity contribution in [3.8, 4) is 44.5 Å². The number of anilines is 6. The van der Waals surface area contributed by atoms with Gasteiger partial charge in [0, 0.05) is 44.1 Å². The topological polar surface area (TPSA) is 19.6 Å². The van der Waals surface area contributed by atoms with E-state index in [1.54, 1.807) is 0 Å². The molecule has 14 aromatic rings. The number of para-hydroxylation sites is 4. The Balaban J connectivity index is 0.930. The highest BCUT2D eigenvalue weighted by Crippen LogP contribution is 2.54. The molecule has 81 heavy (non-hydrogen) atoms. The molecule has 0 unspecified atom stereocenters. The number of hydrogen-bond donors (Lipinski definition) is 0. The summed E-state index contributed by atoms with van der Waals surface area (Å²) in [4.78, 5) is 5.01. The van der Waals surface area contributed by atoms with Crippen LogP contribution in [0.25, 0.3) is 98.8 Å². The molecule has 16 rings (SSSR count). The van der Waals surface area contributed by atoms with E-state index in [0.717, 1.165) is 67.2 Å². The number of benzene rings is 13. The molecule has 1 aliphatic heterocycles. The van der Waals surface area contributed by atoms with E-state index < -0.39 is 8.07 Å². The fourth-order valence-electron chi connectivity index (χ4n) is 14.1. The Hall–Kier alpha value is -9.74. The minimum absolute atomic E-state index is 0.171. The van der Waals surface area contributed by atoms with Crippen LogP contribution >= 0.6 is 0 Å². The Labute approximate surface area is 473 Å². The molecule has 384 valence electrons. The zero-order chi connectivity index (χ0) is 54.1. The van der Waals surface area contributed by atoms with Crippen LogP contribution in [0.5, 0.6) is 0 Å². The number of nitrogens with zero attached hydrogens (tertiary/aromatic N) is 2. The molecule has 0 radical (unpaired) electrons. The first-order valence-corrected chi connectivity index (χ1v) is 31.3. The minimum atomic E-state index is -2.44. The number of rotatable bonds is 8. The van der Waals surface area contributed by atoms with Crippen molar-refractivity contribution in [1.29, 1.82) is 0 Å². The average Bonchev–Trinajstić information content (AvgIpc) is 3.86. The summed E-state index contributed by atoms with van der Waals surface area (Å²) in [6, 6.07) is 99.2. The van der Waals surface area contributed by atoms with E-state index in [1.807, 2.05) is 0 Å². The lowest BCUT2D eigenvalue weighted by molar-refractivity contribution is 0.660. The maximum atomic E-state index is 6.87.